The maximum absolute atomic E-state index is 12.6. The standard InChI is InChI=1S/C23H25ClN6O2.ClH/c24-16-7-5-15(6-8-16)21-17-3-1-2-4-18(17)22(28-27-21)29-11-13-30(14-12-29)23(32)19(25)9-10-20(26)31;/h1-8,19H,9-14,25H2,(H2,26,31);1H. The van der Waals surface area contributed by atoms with Crippen LogP contribution in [0.1, 0.15) is 12.8 Å². The summed E-state index contributed by atoms with van der Waals surface area (Å²) in [4.78, 5) is 27.4. The van der Waals surface area contributed by atoms with Crippen molar-refractivity contribution in [3.8, 4) is 11.3 Å². The number of nitrogens with two attached hydrogens (primary N) is 2. The Bertz CT molecular complexity index is 1130. The van der Waals surface area contributed by atoms with Gasteiger partial charge in [0.15, 0.2) is 5.82 Å². The monoisotopic (exact) mass is 488 g/mol. The van der Waals surface area contributed by atoms with Gasteiger partial charge in [0.05, 0.1) is 6.04 Å². The van der Waals surface area contributed by atoms with E-state index in [4.69, 9.17) is 23.1 Å². The quantitative estimate of drug-likeness (QED) is 0.550. The van der Waals surface area contributed by atoms with Gasteiger partial charge in [-0.1, -0.05) is 48.0 Å². The molecule has 1 atom stereocenters. The molecule has 1 fully saturated rings. The third kappa shape index (κ3) is 5.52. The molecule has 1 aliphatic rings. The van der Waals surface area contributed by atoms with Gasteiger partial charge in [0.1, 0.15) is 5.69 Å². The fourth-order valence-corrected chi connectivity index (χ4v) is 4.06. The Morgan fingerprint density at radius 1 is 0.970 bits per heavy atom. The Morgan fingerprint density at radius 3 is 2.24 bits per heavy atom. The third-order valence-corrected chi connectivity index (χ3v) is 5.95. The molecule has 1 aromatic heterocycles. The summed E-state index contributed by atoms with van der Waals surface area (Å²) in [6.45, 7) is 2.29. The lowest BCUT2D eigenvalue weighted by atomic mass is 10.0. The molecule has 0 radical (unpaired) electrons. The molecule has 1 saturated heterocycles. The Balaban J connectivity index is 0.00000306. The minimum Gasteiger partial charge on any atom is -0.370 e. The highest BCUT2D eigenvalue weighted by Crippen LogP contribution is 2.32. The molecule has 2 aromatic carbocycles. The zero-order valence-electron chi connectivity index (χ0n) is 18.0. The van der Waals surface area contributed by atoms with Crippen molar-refractivity contribution in [2.75, 3.05) is 31.1 Å². The number of carbonyl (C=O) groups is 2. The van der Waals surface area contributed by atoms with Crippen LogP contribution < -0.4 is 16.4 Å². The molecule has 33 heavy (non-hydrogen) atoms. The van der Waals surface area contributed by atoms with Crippen molar-refractivity contribution in [1.29, 1.82) is 0 Å². The number of hydrogen-bond donors (Lipinski definition) is 2. The number of hydrogen-bond acceptors (Lipinski definition) is 6. The van der Waals surface area contributed by atoms with Crippen LogP contribution in [0.25, 0.3) is 22.0 Å². The van der Waals surface area contributed by atoms with Crippen LogP contribution in [0.3, 0.4) is 0 Å². The van der Waals surface area contributed by atoms with Crippen LogP contribution in [-0.4, -0.2) is 59.1 Å². The summed E-state index contributed by atoms with van der Waals surface area (Å²) in [6, 6.07) is 14.9. The van der Waals surface area contributed by atoms with Crippen molar-refractivity contribution in [2.24, 2.45) is 11.5 Å². The Labute approximate surface area is 203 Å². The van der Waals surface area contributed by atoms with Crippen molar-refractivity contribution >= 4 is 52.4 Å². The van der Waals surface area contributed by atoms with Gasteiger partial charge >= 0.3 is 0 Å². The maximum atomic E-state index is 12.6. The largest absolute Gasteiger partial charge is 0.370 e. The highest BCUT2D eigenvalue weighted by molar-refractivity contribution is 6.30. The second kappa shape index (κ2) is 10.8. The lowest BCUT2D eigenvalue weighted by molar-refractivity contribution is -0.133. The van der Waals surface area contributed by atoms with Gasteiger partial charge in [-0.3, -0.25) is 9.59 Å². The number of anilines is 1. The molecule has 0 saturated carbocycles. The van der Waals surface area contributed by atoms with Crippen molar-refractivity contribution in [2.45, 2.75) is 18.9 Å². The van der Waals surface area contributed by atoms with Crippen molar-refractivity contribution in [1.82, 2.24) is 15.1 Å². The first kappa shape index (κ1) is 24.7. The number of aromatic nitrogens is 2. The summed E-state index contributed by atoms with van der Waals surface area (Å²) in [5.74, 6) is 0.189. The number of carbonyl (C=O) groups excluding carboxylic acids is 2. The van der Waals surface area contributed by atoms with E-state index in [1.54, 1.807) is 4.90 Å². The fourth-order valence-electron chi connectivity index (χ4n) is 3.94. The van der Waals surface area contributed by atoms with Gasteiger partial charge in [0, 0.05) is 54.0 Å². The van der Waals surface area contributed by atoms with E-state index >= 15 is 0 Å². The molecular formula is C23H26Cl2N6O2. The van der Waals surface area contributed by atoms with Gasteiger partial charge in [-0.05, 0) is 18.6 Å². The van der Waals surface area contributed by atoms with E-state index in [2.05, 4.69) is 15.1 Å². The summed E-state index contributed by atoms with van der Waals surface area (Å²) in [6.07, 6.45) is 0.366. The first-order chi connectivity index (χ1) is 15.4. The zero-order valence-corrected chi connectivity index (χ0v) is 19.6. The van der Waals surface area contributed by atoms with Crippen molar-refractivity contribution in [3.63, 3.8) is 0 Å². The van der Waals surface area contributed by atoms with Gasteiger partial charge in [0.2, 0.25) is 11.8 Å². The normalized spacial score (nSPS) is 14.6. The molecule has 1 aliphatic heterocycles. The zero-order chi connectivity index (χ0) is 22.7. The summed E-state index contributed by atoms with van der Waals surface area (Å²) in [5, 5.41) is 11.8. The van der Waals surface area contributed by atoms with E-state index in [0.717, 1.165) is 27.8 Å². The molecule has 1 unspecified atom stereocenters. The molecule has 0 aliphatic carbocycles. The number of primary amides is 1. The van der Waals surface area contributed by atoms with Crippen LogP contribution in [0, 0.1) is 0 Å². The Hall–Kier alpha value is -2.94. The molecule has 2 heterocycles. The number of benzene rings is 2. The predicted molar refractivity (Wildman–Crippen MR) is 132 cm³/mol. The number of nitrogens with zero attached hydrogens (tertiary/aromatic N) is 4. The SMILES string of the molecule is Cl.NC(=O)CCC(N)C(=O)N1CCN(c2nnc(-c3ccc(Cl)cc3)c3ccccc23)CC1. The number of halogens is 2. The van der Waals surface area contributed by atoms with E-state index in [1.807, 2.05) is 48.5 Å². The molecule has 174 valence electrons. The maximum Gasteiger partial charge on any atom is 0.239 e. The molecule has 0 bridgehead atoms. The van der Waals surface area contributed by atoms with Gasteiger partial charge in [-0.2, -0.15) is 0 Å². The van der Waals surface area contributed by atoms with Gasteiger partial charge in [-0.15, -0.1) is 22.6 Å². The van der Waals surface area contributed by atoms with Gasteiger partial charge in [0.25, 0.3) is 0 Å². The van der Waals surface area contributed by atoms with Gasteiger partial charge in [-0.25, -0.2) is 0 Å². The van der Waals surface area contributed by atoms with E-state index in [9.17, 15) is 9.59 Å². The van der Waals surface area contributed by atoms with E-state index in [0.29, 0.717) is 31.2 Å². The minimum atomic E-state index is -0.715. The summed E-state index contributed by atoms with van der Waals surface area (Å²) < 4.78 is 0. The highest BCUT2D eigenvalue weighted by atomic mass is 35.5. The predicted octanol–water partition coefficient (Wildman–Crippen LogP) is 2.61. The van der Waals surface area contributed by atoms with Crippen LogP contribution in [0.4, 0.5) is 5.82 Å². The molecule has 10 heteroatoms. The van der Waals surface area contributed by atoms with E-state index in [1.165, 1.54) is 0 Å². The second-order valence-electron chi connectivity index (χ2n) is 7.85. The molecule has 2 amide bonds. The van der Waals surface area contributed by atoms with E-state index in [-0.39, 0.29) is 31.2 Å². The summed E-state index contributed by atoms with van der Waals surface area (Å²) >= 11 is 6.03. The number of rotatable bonds is 6. The average Bonchev–Trinajstić information content (AvgIpc) is 2.82. The van der Waals surface area contributed by atoms with Crippen molar-refractivity contribution < 1.29 is 9.59 Å². The molecule has 3 aromatic rings. The first-order valence-corrected chi connectivity index (χ1v) is 10.9. The lowest BCUT2D eigenvalue weighted by Gasteiger charge is -2.36. The van der Waals surface area contributed by atoms with Crippen LogP contribution >= 0.6 is 24.0 Å². The molecule has 4 rings (SSSR count). The molecule has 4 N–H and O–H groups in total. The Morgan fingerprint density at radius 2 is 1.61 bits per heavy atom. The van der Waals surface area contributed by atoms with Gasteiger partial charge < -0.3 is 21.3 Å². The van der Waals surface area contributed by atoms with Crippen LogP contribution in [-0.2, 0) is 9.59 Å². The highest BCUT2D eigenvalue weighted by Gasteiger charge is 2.27. The number of amides is 2. The number of fused-ring (bicyclic) bond motifs is 1. The average molecular weight is 489 g/mol. The second-order valence-corrected chi connectivity index (χ2v) is 8.28. The Kier molecular flexibility index (Phi) is 8.07. The van der Waals surface area contributed by atoms with E-state index < -0.39 is 11.9 Å². The minimum absolute atomic E-state index is 0. The molecular weight excluding hydrogens is 463 g/mol. The fraction of sp³-hybridized carbons (Fsp3) is 0.304. The topological polar surface area (TPSA) is 118 Å². The van der Waals surface area contributed by atoms with Crippen LogP contribution in [0.2, 0.25) is 5.02 Å². The lowest BCUT2D eigenvalue weighted by Crippen LogP contribution is -2.53. The smallest absolute Gasteiger partial charge is 0.239 e. The first-order valence-electron chi connectivity index (χ1n) is 10.5. The van der Waals surface area contributed by atoms with Crippen LogP contribution in [0.5, 0.6) is 0 Å². The summed E-state index contributed by atoms with van der Waals surface area (Å²) in [7, 11) is 0. The number of piperazine rings is 1. The third-order valence-electron chi connectivity index (χ3n) is 5.70. The molecule has 8 nitrogen and oxygen atoms in total. The summed E-state index contributed by atoms with van der Waals surface area (Å²) in [5.41, 5.74) is 12.9. The molecule has 0 spiro atoms. The van der Waals surface area contributed by atoms with Crippen molar-refractivity contribution in [3.05, 3.63) is 53.6 Å². The van der Waals surface area contributed by atoms with Crippen LogP contribution in [0.15, 0.2) is 48.5 Å².